The maximum atomic E-state index is 6.09. The van der Waals surface area contributed by atoms with Gasteiger partial charge in [0.15, 0.2) is 0 Å². The third kappa shape index (κ3) is 3.75. The van der Waals surface area contributed by atoms with Gasteiger partial charge in [0.05, 0.1) is 11.7 Å². The fraction of sp³-hybridized carbons (Fsp3) is 0.364. The van der Waals surface area contributed by atoms with Crippen LogP contribution in [0.3, 0.4) is 0 Å². The number of piperidine rings is 3. The molecule has 1 atom stereocenters. The van der Waals surface area contributed by atoms with Gasteiger partial charge >= 0.3 is 0 Å². The van der Waals surface area contributed by atoms with Gasteiger partial charge in [0.1, 0.15) is 23.8 Å². The van der Waals surface area contributed by atoms with Crippen LogP contribution in [0.2, 0.25) is 0 Å². The predicted octanol–water partition coefficient (Wildman–Crippen LogP) is 4.72. The van der Waals surface area contributed by atoms with E-state index in [4.69, 9.17) is 9.47 Å². The summed E-state index contributed by atoms with van der Waals surface area (Å²) < 4.78 is 21.1. The molecule has 3 saturated heterocycles. The standard InChI is InChI=1S/C22H23N3O2S/c1-2-6-18(7-3-1)27-19-8-4-5-16(13-19)15-26-22-21(23-28-24-22)20-14-25-11-9-17(20)10-12-25/h1-8,13,17,20H,9-12,14-15H2. The van der Waals surface area contributed by atoms with E-state index >= 15 is 0 Å². The Morgan fingerprint density at radius 3 is 2.57 bits per heavy atom. The number of hydrogen-bond donors (Lipinski definition) is 0. The van der Waals surface area contributed by atoms with Gasteiger partial charge in [0.25, 0.3) is 0 Å². The molecular weight excluding hydrogens is 370 g/mol. The van der Waals surface area contributed by atoms with E-state index in [1.807, 2.05) is 54.6 Å². The molecule has 144 valence electrons. The van der Waals surface area contributed by atoms with Crippen molar-refractivity contribution in [3.05, 3.63) is 65.9 Å². The van der Waals surface area contributed by atoms with Crippen molar-refractivity contribution < 1.29 is 9.47 Å². The molecule has 0 N–H and O–H groups in total. The predicted molar refractivity (Wildman–Crippen MR) is 109 cm³/mol. The largest absolute Gasteiger partial charge is 0.471 e. The highest BCUT2D eigenvalue weighted by Crippen LogP contribution is 2.41. The molecule has 2 bridgehead atoms. The van der Waals surface area contributed by atoms with Crippen LogP contribution in [-0.2, 0) is 6.61 Å². The van der Waals surface area contributed by atoms with Gasteiger partial charge in [-0.15, -0.1) is 4.37 Å². The van der Waals surface area contributed by atoms with Crippen LogP contribution in [0, 0.1) is 5.92 Å². The summed E-state index contributed by atoms with van der Waals surface area (Å²) >= 11 is 1.26. The first-order valence-electron chi connectivity index (χ1n) is 9.84. The van der Waals surface area contributed by atoms with Crippen LogP contribution in [0.1, 0.15) is 30.0 Å². The third-order valence-corrected chi connectivity index (χ3v) is 6.27. The molecule has 0 aliphatic carbocycles. The Labute approximate surface area is 169 Å². The van der Waals surface area contributed by atoms with Crippen LogP contribution >= 0.6 is 11.7 Å². The maximum absolute atomic E-state index is 6.09. The van der Waals surface area contributed by atoms with Gasteiger partial charge < -0.3 is 14.4 Å². The molecule has 6 rings (SSSR count). The van der Waals surface area contributed by atoms with Crippen LogP contribution in [0.15, 0.2) is 54.6 Å². The van der Waals surface area contributed by atoms with E-state index in [-0.39, 0.29) is 0 Å². The fourth-order valence-electron chi connectivity index (χ4n) is 4.26. The summed E-state index contributed by atoms with van der Waals surface area (Å²) in [5.74, 6) is 3.52. The summed E-state index contributed by atoms with van der Waals surface area (Å²) in [4.78, 5) is 2.54. The van der Waals surface area contributed by atoms with Crippen molar-refractivity contribution in [1.29, 1.82) is 0 Å². The number of nitrogens with zero attached hydrogens (tertiary/aromatic N) is 3. The lowest BCUT2D eigenvalue weighted by atomic mass is 9.77. The number of fused-ring (bicyclic) bond motifs is 3. The van der Waals surface area contributed by atoms with E-state index in [2.05, 4.69) is 13.6 Å². The summed E-state index contributed by atoms with van der Waals surface area (Å²) in [6.45, 7) is 4.00. The monoisotopic (exact) mass is 393 g/mol. The first kappa shape index (κ1) is 17.6. The zero-order valence-electron chi connectivity index (χ0n) is 15.7. The lowest BCUT2D eigenvalue weighted by molar-refractivity contribution is 0.0839. The highest BCUT2D eigenvalue weighted by molar-refractivity contribution is 6.99. The van der Waals surface area contributed by atoms with Crippen molar-refractivity contribution in [3.63, 3.8) is 0 Å². The second kappa shape index (κ2) is 7.89. The third-order valence-electron chi connectivity index (χ3n) is 5.74. The Morgan fingerprint density at radius 1 is 0.964 bits per heavy atom. The Morgan fingerprint density at radius 2 is 1.79 bits per heavy atom. The highest BCUT2D eigenvalue weighted by atomic mass is 32.1. The summed E-state index contributed by atoms with van der Waals surface area (Å²) in [7, 11) is 0. The Bertz CT molecular complexity index is 922. The molecule has 4 heterocycles. The summed E-state index contributed by atoms with van der Waals surface area (Å²) in [5.41, 5.74) is 2.11. The highest BCUT2D eigenvalue weighted by Gasteiger charge is 2.38. The van der Waals surface area contributed by atoms with Crippen molar-refractivity contribution in [1.82, 2.24) is 13.6 Å². The quantitative estimate of drug-likeness (QED) is 0.606. The number of ether oxygens (including phenoxy) is 2. The van der Waals surface area contributed by atoms with Gasteiger partial charge in [0.2, 0.25) is 5.88 Å². The van der Waals surface area contributed by atoms with Gasteiger partial charge in [0, 0.05) is 12.5 Å². The lowest BCUT2D eigenvalue weighted by Gasteiger charge is -2.44. The molecule has 0 spiro atoms. The minimum atomic E-state index is 0.462. The number of benzene rings is 2. The van der Waals surface area contributed by atoms with E-state index in [0.29, 0.717) is 18.4 Å². The van der Waals surface area contributed by atoms with E-state index in [1.165, 1.54) is 37.7 Å². The molecule has 2 aromatic carbocycles. The van der Waals surface area contributed by atoms with Gasteiger partial charge in [-0.05, 0) is 61.7 Å². The van der Waals surface area contributed by atoms with Gasteiger partial charge in [-0.3, -0.25) is 0 Å². The van der Waals surface area contributed by atoms with Crippen LogP contribution in [0.25, 0.3) is 0 Å². The van der Waals surface area contributed by atoms with E-state index in [0.717, 1.165) is 35.2 Å². The zero-order chi connectivity index (χ0) is 18.8. The minimum Gasteiger partial charge on any atom is -0.471 e. The number of hydrogen-bond acceptors (Lipinski definition) is 6. The topological polar surface area (TPSA) is 47.5 Å². The Hall–Kier alpha value is -2.44. The average Bonchev–Trinajstić information content (AvgIpc) is 3.23. The molecule has 3 aliphatic heterocycles. The van der Waals surface area contributed by atoms with Crippen molar-refractivity contribution in [2.45, 2.75) is 25.4 Å². The molecule has 1 aromatic heterocycles. The first-order valence-corrected chi connectivity index (χ1v) is 10.6. The fourth-order valence-corrected chi connectivity index (χ4v) is 4.83. The second-order valence-corrected chi connectivity index (χ2v) is 8.08. The molecule has 0 saturated carbocycles. The second-order valence-electron chi connectivity index (χ2n) is 7.55. The molecule has 1 unspecified atom stereocenters. The molecular formula is C22H23N3O2S. The zero-order valence-corrected chi connectivity index (χ0v) is 16.5. The average molecular weight is 394 g/mol. The van der Waals surface area contributed by atoms with E-state index < -0.39 is 0 Å². The van der Waals surface area contributed by atoms with E-state index in [9.17, 15) is 0 Å². The van der Waals surface area contributed by atoms with Crippen LogP contribution in [0.4, 0.5) is 0 Å². The van der Waals surface area contributed by atoms with Crippen molar-refractivity contribution in [2.24, 2.45) is 5.92 Å². The summed E-state index contributed by atoms with van der Waals surface area (Å²) in [6, 6.07) is 17.8. The smallest absolute Gasteiger partial charge is 0.249 e. The molecule has 3 aromatic rings. The number of rotatable bonds is 6. The Kier molecular flexibility index (Phi) is 4.97. The van der Waals surface area contributed by atoms with Crippen LogP contribution in [0.5, 0.6) is 17.4 Å². The normalized spacial score (nSPS) is 23.5. The molecule has 28 heavy (non-hydrogen) atoms. The molecule has 0 radical (unpaired) electrons. The van der Waals surface area contributed by atoms with Crippen molar-refractivity contribution >= 4 is 11.7 Å². The number of para-hydroxylation sites is 1. The number of aromatic nitrogens is 2. The molecule has 5 nitrogen and oxygen atoms in total. The van der Waals surface area contributed by atoms with Crippen molar-refractivity contribution in [2.75, 3.05) is 19.6 Å². The Balaban J connectivity index is 1.26. The van der Waals surface area contributed by atoms with Crippen LogP contribution < -0.4 is 9.47 Å². The van der Waals surface area contributed by atoms with E-state index in [1.54, 1.807) is 0 Å². The van der Waals surface area contributed by atoms with Gasteiger partial charge in [-0.2, -0.15) is 4.37 Å². The SMILES string of the molecule is c1ccc(Oc2cccc(COc3nsnc3C3CN4CCC3CC4)c2)cc1. The van der Waals surface area contributed by atoms with Gasteiger partial charge in [-0.25, -0.2) is 0 Å². The molecule has 3 aliphatic rings. The van der Waals surface area contributed by atoms with Crippen molar-refractivity contribution in [3.8, 4) is 17.4 Å². The lowest BCUT2D eigenvalue weighted by Crippen LogP contribution is -2.46. The summed E-state index contributed by atoms with van der Waals surface area (Å²) in [5, 5.41) is 0. The summed E-state index contributed by atoms with van der Waals surface area (Å²) in [6.07, 6.45) is 2.53. The van der Waals surface area contributed by atoms with Gasteiger partial charge in [-0.1, -0.05) is 30.3 Å². The maximum Gasteiger partial charge on any atom is 0.249 e. The molecule has 0 amide bonds. The van der Waals surface area contributed by atoms with Crippen LogP contribution in [-0.4, -0.2) is 33.3 Å². The minimum absolute atomic E-state index is 0.462. The molecule has 6 heteroatoms. The first-order chi connectivity index (χ1) is 13.8. The molecule has 3 fully saturated rings.